The average molecular weight is 293 g/mol. The molecule has 2 aromatic rings. The van der Waals surface area contributed by atoms with E-state index in [1.807, 2.05) is 25.2 Å². The number of hydrogen-bond donors (Lipinski definition) is 1. The minimum Gasteiger partial charge on any atom is -0.450 e. The monoisotopic (exact) mass is 292 g/mol. The molecule has 0 aromatic heterocycles. The number of nitrogens with one attached hydrogen (secondary N) is 1. The largest absolute Gasteiger partial charge is 0.450 e. The Morgan fingerprint density at radius 2 is 1.90 bits per heavy atom. The van der Waals surface area contributed by atoms with Crippen LogP contribution in [0.25, 0.3) is 0 Å². The lowest BCUT2D eigenvalue weighted by molar-refractivity contribution is -0.385. The fraction of sp³-hybridized carbons (Fsp3) is 0.143. The first-order chi connectivity index (χ1) is 9.63. The number of hydrogen-bond acceptors (Lipinski definition) is 4. The zero-order valence-electron chi connectivity index (χ0n) is 10.8. The average Bonchev–Trinajstić information content (AvgIpc) is 2.41. The second kappa shape index (κ2) is 6.36. The Labute approximate surface area is 121 Å². The van der Waals surface area contributed by atoms with E-state index < -0.39 is 4.92 Å². The molecule has 0 fully saturated rings. The van der Waals surface area contributed by atoms with Crippen LogP contribution in [0.15, 0.2) is 42.5 Å². The Bertz CT molecular complexity index is 632. The summed E-state index contributed by atoms with van der Waals surface area (Å²) >= 11 is 5.86. The summed E-state index contributed by atoms with van der Waals surface area (Å²) in [6, 6.07) is 12.0. The molecule has 0 saturated heterocycles. The lowest BCUT2D eigenvalue weighted by Gasteiger charge is -2.11. The number of rotatable bonds is 5. The predicted octanol–water partition coefficient (Wildman–Crippen LogP) is 3.76. The maximum atomic E-state index is 11.1. The lowest BCUT2D eigenvalue weighted by atomic mass is 10.2. The third-order valence-corrected chi connectivity index (χ3v) is 3.00. The van der Waals surface area contributed by atoms with Gasteiger partial charge in [-0.05, 0) is 25.2 Å². The molecular weight excluding hydrogens is 280 g/mol. The number of nitro benzene ring substituents is 1. The highest BCUT2D eigenvalue weighted by Crippen LogP contribution is 2.37. The molecule has 1 N–H and O–H groups in total. The van der Waals surface area contributed by atoms with Gasteiger partial charge in [-0.2, -0.15) is 0 Å². The SMILES string of the molecule is CNCc1ccccc1Oc1cccc(Cl)c1[N+](=O)[O-]. The molecule has 104 valence electrons. The van der Waals surface area contributed by atoms with Gasteiger partial charge in [-0.15, -0.1) is 0 Å². The molecule has 0 saturated carbocycles. The van der Waals surface area contributed by atoms with Crippen molar-refractivity contribution in [1.82, 2.24) is 5.32 Å². The van der Waals surface area contributed by atoms with Crippen molar-refractivity contribution in [3.63, 3.8) is 0 Å². The summed E-state index contributed by atoms with van der Waals surface area (Å²) in [5.74, 6) is 0.693. The molecule has 0 aliphatic heterocycles. The Kier molecular flexibility index (Phi) is 4.55. The Hall–Kier alpha value is -2.11. The summed E-state index contributed by atoms with van der Waals surface area (Å²) in [5.41, 5.74) is 0.678. The summed E-state index contributed by atoms with van der Waals surface area (Å²) in [4.78, 5) is 10.5. The smallest absolute Gasteiger partial charge is 0.329 e. The van der Waals surface area contributed by atoms with Gasteiger partial charge in [0.1, 0.15) is 10.8 Å². The van der Waals surface area contributed by atoms with Crippen LogP contribution in [0, 0.1) is 10.1 Å². The van der Waals surface area contributed by atoms with Crippen LogP contribution in [0.1, 0.15) is 5.56 Å². The van der Waals surface area contributed by atoms with Gasteiger partial charge in [0.05, 0.1) is 4.92 Å². The minimum absolute atomic E-state index is 0.0543. The van der Waals surface area contributed by atoms with Gasteiger partial charge in [-0.25, -0.2) is 0 Å². The van der Waals surface area contributed by atoms with Crippen LogP contribution < -0.4 is 10.1 Å². The Morgan fingerprint density at radius 1 is 1.20 bits per heavy atom. The van der Waals surface area contributed by atoms with E-state index in [4.69, 9.17) is 16.3 Å². The first-order valence-electron chi connectivity index (χ1n) is 5.96. The molecule has 0 aliphatic carbocycles. The maximum absolute atomic E-state index is 11.1. The minimum atomic E-state index is -0.543. The summed E-state index contributed by atoms with van der Waals surface area (Å²) in [7, 11) is 1.82. The summed E-state index contributed by atoms with van der Waals surface area (Å²) in [5, 5.41) is 14.1. The number of ether oxygens (including phenoxy) is 1. The summed E-state index contributed by atoms with van der Waals surface area (Å²) < 4.78 is 5.67. The van der Waals surface area contributed by atoms with Gasteiger partial charge in [0.2, 0.25) is 5.75 Å². The third-order valence-electron chi connectivity index (χ3n) is 2.69. The fourth-order valence-corrected chi connectivity index (χ4v) is 2.05. The van der Waals surface area contributed by atoms with Gasteiger partial charge < -0.3 is 10.1 Å². The highest BCUT2D eigenvalue weighted by atomic mass is 35.5. The molecule has 0 atom stereocenters. The molecule has 6 heteroatoms. The van der Waals surface area contributed by atoms with Crippen LogP contribution in [-0.4, -0.2) is 12.0 Å². The molecule has 0 amide bonds. The van der Waals surface area contributed by atoms with Crippen molar-refractivity contribution in [3.8, 4) is 11.5 Å². The van der Waals surface area contributed by atoms with Crippen LogP contribution in [0.5, 0.6) is 11.5 Å². The number of benzene rings is 2. The Morgan fingerprint density at radius 3 is 2.60 bits per heavy atom. The van der Waals surface area contributed by atoms with E-state index in [0.717, 1.165) is 5.56 Å². The molecule has 2 aromatic carbocycles. The first kappa shape index (κ1) is 14.3. The van der Waals surface area contributed by atoms with Crippen molar-refractivity contribution in [2.75, 3.05) is 7.05 Å². The number of para-hydroxylation sites is 2. The second-order valence-electron chi connectivity index (χ2n) is 4.08. The van der Waals surface area contributed by atoms with Gasteiger partial charge in [0.15, 0.2) is 0 Å². The fourth-order valence-electron chi connectivity index (χ4n) is 1.81. The van der Waals surface area contributed by atoms with Crippen LogP contribution in [0.3, 0.4) is 0 Å². The molecule has 0 aliphatic rings. The van der Waals surface area contributed by atoms with Crippen molar-refractivity contribution in [3.05, 3.63) is 63.2 Å². The van der Waals surface area contributed by atoms with E-state index in [9.17, 15) is 10.1 Å². The van der Waals surface area contributed by atoms with Crippen molar-refractivity contribution >= 4 is 17.3 Å². The predicted molar refractivity (Wildman–Crippen MR) is 77.4 cm³/mol. The summed E-state index contributed by atoms with van der Waals surface area (Å²) in [6.45, 7) is 0.602. The Balaban J connectivity index is 2.40. The third kappa shape index (κ3) is 3.07. The van der Waals surface area contributed by atoms with Gasteiger partial charge in [0.25, 0.3) is 0 Å². The van der Waals surface area contributed by atoms with Gasteiger partial charge in [0, 0.05) is 12.1 Å². The van der Waals surface area contributed by atoms with Gasteiger partial charge in [-0.1, -0.05) is 35.9 Å². The van der Waals surface area contributed by atoms with E-state index >= 15 is 0 Å². The lowest BCUT2D eigenvalue weighted by Crippen LogP contribution is -2.06. The van der Waals surface area contributed by atoms with E-state index in [2.05, 4.69) is 5.32 Å². The zero-order valence-corrected chi connectivity index (χ0v) is 11.6. The van der Waals surface area contributed by atoms with Crippen molar-refractivity contribution in [2.45, 2.75) is 6.54 Å². The van der Waals surface area contributed by atoms with E-state index in [0.29, 0.717) is 12.3 Å². The topological polar surface area (TPSA) is 64.4 Å². The molecule has 2 rings (SSSR count). The highest BCUT2D eigenvalue weighted by Gasteiger charge is 2.20. The van der Waals surface area contributed by atoms with Crippen molar-refractivity contribution in [1.29, 1.82) is 0 Å². The molecule has 0 heterocycles. The maximum Gasteiger partial charge on any atom is 0.329 e. The van der Waals surface area contributed by atoms with Crippen LogP contribution in [0.4, 0.5) is 5.69 Å². The first-order valence-corrected chi connectivity index (χ1v) is 6.34. The summed E-state index contributed by atoms with van der Waals surface area (Å²) in [6.07, 6.45) is 0. The standard InChI is InChI=1S/C14H13ClN2O3/c1-16-9-10-5-2-3-7-12(10)20-13-8-4-6-11(15)14(13)17(18)19/h2-8,16H,9H2,1H3. The molecule has 0 spiro atoms. The molecule has 0 radical (unpaired) electrons. The van der Waals surface area contributed by atoms with Crippen LogP contribution >= 0.6 is 11.6 Å². The van der Waals surface area contributed by atoms with Gasteiger partial charge in [-0.3, -0.25) is 10.1 Å². The number of nitro groups is 1. The van der Waals surface area contributed by atoms with Gasteiger partial charge >= 0.3 is 5.69 Å². The number of nitrogens with zero attached hydrogens (tertiary/aromatic N) is 1. The normalized spacial score (nSPS) is 10.3. The second-order valence-corrected chi connectivity index (χ2v) is 4.49. The highest BCUT2D eigenvalue weighted by molar-refractivity contribution is 6.32. The van der Waals surface area contributed by atoms with E-state index in [1.54, 1.807) is 12.1 Å². The molecule has 0 unspecified atom stereocenters. The van der Waals surface area contributed by atoms with E-state index in [-0.39, 0.29) is 16.5 Å². The zero-order chi connectivity index (χ0) is 14.5. The molecule has 20 heavy (non-hydrogen) atoms. The van der Waals surface area contributed by atoms with Crippen LogP contribution in [0.2, 0.25) is 5.02 Å². The van der Waals surface area contributed by atoms with Crippen molar-refractivity contribution in [2.24, 2.45) is 0 Å². The van der Waals surface area contributed by atoms with E-state index in [1.165, 1.54) is 12.1 Å². The molecule has 5 nitrogen and oxygen atoms in total. The van der Waals surface area contributed by atoms with Crippen LogP contribution in [-0.2, 0) is 6.54 Å². The molecular formula is C14H13ClN2O3. The quantitative estimate of drug-likeness (QED) is 0.673. The number of halogens is 1. The van der Waals surface area contributed by atoms with Crippen molar-refractivity contribution < 1.29 is 9.66 Å². The molecule has 0 bridgehead atoms.